The zero-order valence-corrected chi connectivity index (χ0v) is 13.2. The van der Waals surface area contributed by atoms with Crippen LogP contribution in [0, 0.1) is 0 Å². The number of carbonyl (C=O) groups is 1. The van der Waals surface area contributed by atoms with E-state index in [-0.39, 0.29) is 11.3 Å². The van der Waals surface area contributed by atoms with Crippen LogP contribution in [0.5, 0.6) is 0 Å². The Bertz CT molecular complexity index is 741. The van der Waals surface area contributed by atoms with E-state index < -0.39 is 5.97 Å². The highest BCUT2D eigenvalue weighted by molar-refractivity contribution is 5.87. The molecule has 3 rings (SSSR count). The molecule has 2 heterocycles. The number of ether oxygens (including phenoxy) is 1. The summed E-state index contributed by atoms with van der Waals surface area (Å²) in [5.41, 5.74) is 0.499. The smallest absolute Gasteiger partial charge is 0.358 e. The van der Waals surface area contributed by atoms with Gasteiger partial charge in [0.15, 0.2) is 5.69 Å². The van der Waals surface area contributed by atoms with Crippen LogP contribution in [-0.4, -0.2) is 22.1 Å². The summed E-state index contributed by atoms with van der Waals surface area (Å²) in [5.74, 6) is 0.546. The molecular weight excluding hydrogens is 296 g/mol. The lowest BCUT2D eigenvalue weighted by molar-refractivity contribution is 0.0520. The molecule has 23 heavy (non-hydrogen) atoms. The van der Waals surface area contributed by atoms with Crippen molar-refractivity contribution in [1.29, 1.82) is 0 Å². The first-order chi connectivity index (χ1) is 11.2. The topological polar surface area (TPSA) is 74.3 Å². The highest BCUT2D eigenvalue weighted by atomic mass is 16.5. The molecule has 0 radical (unpaired) electrons. The third-order valence-electron chi connectivity index (χ3n) is 4.15. The zero-order valence-electron chi connectivity index (χ0n) is 13.2. The first kappa shape index (κ1) is 15.5. The fraction of sp³-hybridized carbons (Fsp3) is 0.471. The zero-order chi connectivity index (χ0) is 16.2. The average molecular weight is 316 g/mol. The SMILES string of the molecule is CCOC(=O)c1cn(-c2cc(C3CCCCC3)oc(=O)c2)cn1. The molecule has 2 aromatic rings. The molecule has 2 aromatic heterocycles. The van der Waals surface area contributed by atoms with Crippen molar-refractivity contribution in [1.82, 2.24) is 9.55 Å². The van der Waals surface area contributed by atoms with Crippen molar-refractivity contribution in [3.63, 3.8) is 0 Å². The Labute approximate surface area is 134 Å². The number of nitrogens with zero attached hydrogens (tertiary/aromatic N) is 2. The van der Waals surface area contributed by atoms with Crippen molar-refractivity contribution in [3.05, 3.63) is 46.5 Å². The van der Waals surface area contributed by atoms with Crippen molar-refractivity contribution in [2.45, 2.75) is 44.9 Å². The van der Waals surface area contributed by atoms with Gasteiger partial charge < -0.3 is 13.7 Å². The van der Waals surface area contributed by atoms with E-state index in [0.29, 0.717) is 18.2 Å². The highest BCUT2D eigenvalue weighted by Crippen LogP contribution is 2.32. The normalized spacial score (nSPS) is 15.5. The Morgan fingerprint density at radius 1 is 1.35 bits per heavy atom. The summed E-state index contributed by atoms with van der Waals surface area (Å²) in [6.07, 6.45) is 8.73. The molecule has 0 spiro atoms. The van der Waals surface area contributed by atoms with Crippen molar-refractivity contribution >= 4 is 5.97 Å². The van der Waals surface area contributed by atoms with Crippen LogP contribution in [0.3, 0.4) is 0 Å². The van der Waals surface area contributed by atoms with Gasteiger partial charge in [0, 0.05) is 24.2 Å². The number of rotatable bonds is 4. The van der Waals surface area contributed by atoms with Gasteiger partial charge in [-0.3, -0.25) is 0 Å². The molecule has 0 bridgehead atoms. The molecule has 1 fully saturated rings. The Kier molecular flexibility index (Phi) is 4.60. The van der Waals surface area contributed by atoms with Gasteiger partial charge in [-0.15, -0.1) is 0 Å². The summed E-state index contributed by atoms with van der Waals surface area (Å²) in [6, 6.07) is 3.27. The minimum atomic E-state index is -0.471. The maximum atomic E-state index is 11.9. The third-order valence-corrected chi connectivity index (χ3v) is 4.15. The molecular formula is C17H20N2O4. The van der Waals surface area contributed by atoms with E-state index in [1.807, 2.05) is 6.07 Å². The predicted octanol–water partition coefficient (Wildman–Crippen LogP) is 3.05. The molecule has 0 amide bonds. The molecule has 0 aliphatic heterocycles. The number of esters is 1. The van der Waals surface area contributed by atoms with Crippen LogP contribution in [0.1, 0.15) is 61.2 Å². The highest BCUT2D eigenvalue weighted by Gasteiger charge is 2.19. The second-order valence-electron chi connectivity index (χ2n) is 5.76. The van der Waals surface area contributed by atoms with Crippen LogP contribution in [-0.2, 0) is 4.74 Å². The van der Waals surface area contributed by atoms with Crippen LogP contribution in [0.25, 0.3) is 5.69 Å². The Balaban J connectivity index is 1.89. The van der Waals surface area contributed by atoms with Crippen molar-refractivity contribution < 1.29 is 13.9 Å². The lowest BCUT2D eigenvalue weighted by atomic mass is 9.87. The van der Waals surface area contributed by atoms with Gasteiger partial charge in [0.25, 0.3) is 0 Å². The van der Waals surface area contributed by atoms with E-state index in [2.05, 4.69) is 4.98 Å². The van der Waals surface area contributed by atoms with Crippen molar-refractivity contribution in [2.24, 2.45) is 0 Å². The number of carbonyl (C=O) groups excluding carboxylic acids is 1. The molecule has 122 valence electrons. The van der Waals surface area contributed by atoms with E-state index in [1.54, 1.807) is 17.7 Å². The summed E-state index contributed by atoms with van der Waals surface area (Å²) >= 11 is 0. The van der Waals surface area contributed by atoms with Crippen LogP contribution >= 0.6 is 0 Å². The van der Waals surface area contributed by atoms with E-state index in [1.165, 1.54) is 18.8 Å². The molecule has 0 unspecified atom stereocenters. The number of hydrogen-bond donors (Lipinski definition) is 0. The van der Waals surface area contributed by atoms with Gasteiger partial charge in [-0.2, -0.15) is 0 Å². The van der Waals surface area contributed by atoms with Crippen LogP contribution in [0.15, 0.2) is 33.9 Å². The first-order valence-corrected chi connectivity index (χ1v) is 8.04. The fourth-order valence-corrected chi connectivity index (χ4v) is 3.00. The molecule has 0 saturated heterocycles. The number of aromatic nitrogens is 2. The lowest BCUT2D eigenvalue weighted by Crippen LogP contribution is -2.10. The van der Waals surface area contributed by atoms with Gasteiger partial charge >= 0.3 is 11.6 Å². The largest absolute Gasteiger partial charge is 0.461 e. The molecule has 6 nitrogen and oxygen atoms in total. The molecule has 0 atom stereocenters. The molecule has 6 heteroatoms. The fourth-order valence-electron chi connectivity index (χ4n) is 3.00. The maximum Gasteiger partial charge on any atom is 0.358 e. The minimum absolute atomic E-state index is 0.222. The van der Waals surface area contributed by atoms with E-state index >= 15 is 0 Å². The molecule has 1 aliphatic rings. The second-order valence-corrected chi connectivity index (χ2v) is 5.76. The Hall–Kier alpha value is -2.37. The van der Waals surface area contributed by atoms with E-state index in [4.69, 9.17) is 9.15 Å². The van der Waals surface area contributed by atoms with Crippen molar-refractivity contribution in [3.8, 4) is 5.69 Å². The standard InChI is InChI=1S/C17H20N2O4/c1-2-22-17(21)14-10-19(11-18-14)13-8-15(23-16(20)9-13)12-6-4-3-5-7-12/h8-12H,2-7H2,1H3. The van der Waals surface area contributed by atoms with E-state index in [0.717, 1.165) is 31.4 Å². The number of imidazole rings is 1. The summed E-state index contributed by atoms with van der Waals surface area (Å²) in [5, 5.41) is 0. The van der Waals surface area contributed by atoms with Gasteiger partial charge in [-0.1, -0.05) is 19.3 Å². The maximum absolute atomic E-state index is 11.9. The summed E-state index contributed by atoms with van der Waals surface area (Å²) in [4.78, 5) is 27.6. The van der Waals surface area contributed by atoms with Crippen LogP contribution in [0.4, 0.5) is 0 Å². The summed E-state index contributed by atoms with van der Waals surface area (Å²) in [6.45, 7) is 2.04. The van der Waals surface area contributed by atoms with Crippen LogP contribution < -0.4 is 5.63 Å². The van der Waals surface area contributed by atoms with Gasteiger partial charge in [-0.25, -0.2) is 14.6 Å². The molecule has 1 aliphatic carbocycles. The lowest BCUT2D eigenvalue weighted by Gasteiger charge is -2.20. The van der Waals surface area contributed by atoms with Gasteiger partial charge in [0.1, 0.15) is 12.1 Å². The van der Waals surface area contributed by atoms with Crippen LogP contribution in [0.2, 0.25) is 0 Å². The van der Waals surface area contributed by atoms with Gasteiger partial charge in [0.05, 0.1) is 12.3 Å². The van der Waals surface area contributed by atoms with Gasteiger partial charge in [-0.05, 0) is 19.8 Å². The Morgan fingerprint density at radius 3 is 2.87 bits per heavy atom. The van der Waals surface area contributed by atoms with Crippen molar-refractivity contribution in [2.75, 3.05) is 6.61 Å². The first-order valence-electron chi connectivity index (χ1n) is 8.04. The van der Waals surface area contributed by atoms with Gasteiger partial charge in [0.2, 0.25) is 0 Å². The minimum Gasteiger partial charge on any atom is -0.461 e. The number of hydrogen-bond acceptors (Lipinski definition) is 5. The van der Waals surface area contributed by atoms with E-state index in [9.17, 15) is 9.59 Å². The quantitative estimate of drug-likeness (QED) is 0.810. The Morgan fingerprint density at radius 2 is 2.13 bits per heavy atom. The average Bonchev–Trinajstić information content (AvgIpc) is 3.05. The molecule has 0 N–H and O–H groups in total. The second kappa shape index (κ2) is 6.81. The third kappa shape index (κ3) is 3.52. The molecule has 1 saturated carbocycles. The predicted molar refractivity (Wildman–Crippen MR) is 83.9 cm³/mol. The summed E-state index contributed by atoms with van der Waals surface area (Å²) < 4.78 is 12.0. The summed E-state index contributed by atoms with van der Waals surface area (Å²) in [7, 11) is 0. The molecule has 0 aromatic carbocycles. The monoisotopic (exact) mass is 316 g/mol.